The third-order valence-electron chi connectivity index (χ3n) is 6.19. The predicted octanol–water partition coefficient (Wildman–Crippen LogP) is 9.77. The molecule has 0 bridgehead atoms. The van der Waals surface area contributed by atoms with Crippen LogP contribution in [-0.4, -0.2) is 9.97 Å². The SMILES string of the molecule is CC=CC=C(C)CC(=CC=CC(=CC)c1cc(-c2ccccc2)nc(-c2ccccc2)n1)c1ccccc1. The fourth-order valence-corrected chi connectivity index (χ4v) is 4.19. The monoisotopic (exact) mass is 494 g/mol. The first-order valence-electron chi connectivity index (χ1n) is 13.1. The van der Waals surface area contributed by atoms with E-state index in [1.54, 1.807) is 0 Å². The molecular weight excluding hydrogens is 460 g/mol. The number of rotatable bonds is 9. The van der Waals surface area contributed by atoms with Gasteiger partial charge in [-0.2, -0.15) is 0 Å². The average molecular weight is 495 g/mol. The number of hydrogen-bond donors (Lipinski definition) is 0. The van der Waals surface area contributed by atoms with Crippen LogP contribution in [0.4, 0.5) is 0 Å². The molecule has 4 aromatic rings. The van der Waals surface area contributed by atoms with Gasteiger partial charge < -0.3 is 0 Å². The van der Waals surface area contributed by atoms with Crippen molar-refractivity contribution in [3.8, 4) is 22.6 Å². The molecule has 4 rings (SSSR count). The van der Waals surface area contributed by atoms with Gasteiger partial charge in [0.1, 0.15) is 0 Å². The van der Waals surface area contributed by atoms with Crippen LogP contribution < -0.4 is 0 Å². The molecule has 2 heteroatoms. The van der Waals surface area contributed by atoms with Crippen molar-refractivity contribution < 1.29 is 0 Å². The van der Waals surface area contributed by atoms with Gasteiger partial charge in [0.25, 0.3) is 0 Å². The molecule has 0 radical (unpaired) electrons. The minimum atomic E-state index is 0.722. The highest BCUT2D eigenvalue weighted by Gasteiger charge is 2.10. The molecule has 0 aliphatic heterocycles. The van der Waals surface area contributed by atoms with Crippen LogP contribution in [0.5, 0.6) is 0 Å². The van der Waals surface area contributed by atoms with Crippen LogP contribution in [0.1, 0.15) is 38.4 Å². The molecule has 0 saturated heterocycles. The topological polar surface area (TPSA) is 25.8 Å². The maximum absolute atomic E-state index is 4.97. The number of allylic oxidation sites excluding steroid dienone is 10. The summed E-state index contributed by atoms with van der Waals surface area (Å²) in [6.45, 7) is 6.27. The smallest absolute Gasteiger partial charge is 0.160 e. The van der Waals surface area contributed by atoms with Gasteiger partial charge in [-0.05, 0) is 50.0 Å². The highest BCUT2D eigenvalue weighted by molar-refractivity contribution is 5.77. The fourth-order valence-electron chi connectivity index (χ4n) is 4.19. The lowest BCUT2D eigenvalue weighted by molar-refractivity contribution is 1.16. The number of hydrogen-bond acceptors (Lipinski definition) is 2. The summed E-state index contributed by atoms with van der Waals surface area (Å²) < 4.78 is 0. The van der Waals surface area contributed by atoms with Crippen LogP contribution in [0.3, 0.4) is 0 Å². The van der Waals surface area contributed by atoms with E-state index in [0.717, 1.165) is 40.3 Å². The molecule has 0 fully saturated rings. The molecule has 0 spiro atoms. The molecule has 0 saturated carbocycles. The van der Waals surface area contributed by atoms with Crippen LogP contribution in [0.15, 0.2) is 145 Å². The Bertz CT molecular complexity index is 1410. The Morgan fingerprint density at radius 3 is 1.97 bits per heavy atom. The predicted molar refractivity (Wildman–Crippen MR) is 163 cm³/mol. The van der Waals surface area contributed by atoms with Gasteiger partial charge in [-0.1, -0.05) is 139 Å². The van der Waals surface area contributed by atoms with Crippen molar-refractivity contribution in [1.82, 2.24) is 9.97 Å². The zero-order chi connectivity index (χ0) is 26.6. The molecule has 2 nitrogen and oxygen atoms in total. The van der Waals surface area contributed by atoms with Gasteiger partial charge >= 0.3 is 0 Å². The molecule has 3 aromatic carbocycles. The summed E-state index contributed by atoms with van der Waals surface area (Å²) in [5, 5.41) is 0. The first-order valence-corrected chi connectivity index (χ1v) is 13.1. The van der Waals surface area contributed by atoms with E-state index in [4.69, 9.17) is 9.97 Å². The van der Waals surface area contributed by atoms with Gasteiger partial charge in [-0.25, -0.2) is 9.97 Å². The Labute approximate surface area is 227 Å². The summed E-state index contributed by atoms with van der Waals surface area (Å²) in [5.74, 6) is 0.722. The molecule has 188 valence electrons. The lowest BCUT2D eigenvalue weighted by Crippen LogP contribution is -1.97. The summed E-state index contributed by atoms with van der Waals surface area (Å²) >= 11 is 0. The van der Waals surface area contributed by atoms with Crippen molar-refractivity contribution in [2.24, 2.45) is 0 Å². The van der Waals surface area contributed by atoms with E-state index in [1.165, 1.54) is 16.7 Å². The fraction of sp³-hybridized carbons (Fsp3) is 0.111. The van der Waals surface area contributed by atoms with E-state index in [9.17, 15) is 0 Å². The van der Waals surface area contributed by atoms with E-state index in [0.29, 0.717) is 0 Å². The number of nitrogens with zero attached hydrogens (tertiary/aromatic N) is 2. The van der Waals surface area contributed by atoms with Gasteiger partial charge in [0, 0.05) is 11.1 Å². The molecule has 38 heavy (non-hydrogen) atoms. The Morgan fingerprint density at radius 2 is 1.34 bits per heavy atom. The lowest BCUT2D eigenvalue weighted by atomic mass is 9.97. The molecule has 0 unspecified atom stereocenters. The van der Waals surface area contributed by atoms with Crippen molar-refractivity contribution in [2.75, 3.05) is 0 Å². The molecule has 1 heterocycles. The third-order valence-corrected chi connectivity index (χ3v) is 6.19. The van der Waals surface area contributed by atoms with Gasteiger partial charge in [0.05, 0.1) is 11.4 Å². The van der Waals surface area contributed by atoms with E-state index < -0.39 is 0 Å². The summed E-state index contributed by atoms with van der Waals surface area (Å²) in [6.07, 6.45) is 15.8. The van der Waals surface area contributed by atoms with Crippen molar-refractivity contribution >= 4 is 11.1 Å². The number of benzene rings is 3. The summed E-state index contributed by atoms with van der Waals surface area (Å²) in [5.41, 5.74) is 8.74. The van der Waals surface area contributed by atoms with Crippen molar-refractivity contribution in [1.29, 1.82) is 0 Å². The Hall–Kier alpha value is -4.56. The van der Waals surface area contributed by atoms with Crippen LogP contribution >= 0.6 is 0 Å². The highest BCUT2D eigenvalue weighted by atomic mass is 14.9. The summed E-state index contributed by atoms with van der Waals surface area (Å²) in [4.78, 5) is 9.88. The van der Waals surface area contributed by atoms with Crippen LogP contribution in [0.25, 0.3) is 33.8 Å². The Kier molecular flexibility index (Phi) is 9.53. The van der Waals surface area contributed by atoms with Crippen LogP contribution in [-0.2, 0) is 0 Å². The van der Waals surface area contributed by atoms with E-state index in [1.807, 2.05) is 43.3 Å². The van der Waals surface area contributed by atoms with Gasteiger partial charge in [0.2, 0.25) is 0 Å². The third kappa shape index (κ3) is 7.24. The molecule has 0 amide bonds. The van der Waals surface area contributed by atoms with Crippen molar-refractivity contribution in [3.05, 3.63) is 156 Å². The standard InChI is InChI=1S/C36H34N2/c1-4-6-17-28(3)26-33(30-18-10-7-11-19-30)25-16-24-29(5-2)34-27-35(31-20-12-8-13-21-31)38-36(37-34)32-22-14-9-15-23-32/h4-25,27H,26H2,1-3H3. The molecular formula is C36H34N2. The molecule has 0 aliphatic rings. The first-order chi connectivity index (χ1) is 18.7. The van der Waals surface area contributed by atoms with E-state index >= 15 is 0 Å². The summed E-state index contributed by atoms with van der Waals surface area (Å²) in [6, 6.07) is 33.1. The van der Waals surface area contributed by atoms with Crippen molar-refractivity contribution in [3.63, 3.8) is 0 Å². The van der Waals surface area contributed by atoms with Crippen molar-refractivity contribution in [2.45, 2.75) is 27.2 Å². The van der Waals surface area contributed by atoms with Gasteiger partial charge in [-0.15, -0.1) is 0 Å². The highest BCUT2D eigenvalue weighted by Crippen LogP contribution is 2.27. The van der Waals surface area contributed by atoms with E-state index in [-0.39, 0.29) is 0 Å². The maximum Gasteiger partial charge on any atom is 0.160 e. The van der Waals surface area contributed by atoms with Gasteiger partial charge in [-0.3, -0.25) is 0 Å². The van der Waals surface area contributed by atoms with Crippen LogP contribution in [0.2, 0.25) is 0 Å². The van der Waals surface area contributed by atoms with E-state index in [2.05, 4.69) is 117 Å². The lowest BCUT2D eigenvalue weighted by Gasteiger charge is -2.10. The van der Waals surface area contributed by atoms with Crippen LogP contribution in [0, 0.1) is 0 Å². The largest absolute Gasteiger partial charge is 0.228 e. The maximum atomic E-state index is 4.97. The second-order valence-corrected chi connectivity index (χ2v) is 9.07. The van der Waals surface area contributed by atoms with Gasteiger partial charge in [0.15, 0.2) is 5.82 Å². The minimum Gasteiger partial charge on any atom is -0.228 e. The minimum absolute atomic E-state index is 0.722. The number of aromatic nitrogens is 2. The summed E-state index contributed by atoms with van der Waals surface area (Å²) in [7, 11) is 0. The molecule has 0 atom stereocenters. The Balaban J connectivity index is 1.72. The first kappa shape index (κ1) is 26.5. The average Bonchev–Trinajstić information content (AvgIpc) is 2.98. The molecule has 0 N–H and O–H groups in total. The molecule has 0 aliphatic carbocycles. The Morgan fingerprint density at radius 1 is 0.711 bits per heavy atom. The zero-order valence-electron chi connectivity index (χ0n) is 22.4. The second-order valence-electron chi connectivity index (χ2n) is 9.07. The zero-order valence-corrected chi connectivity index (χ0v) is 22.4. The molecule has 1 aromatic heterocycles. The second kappa shape index (κ2) is 13.7. The normalized spacial score (nSPS) is 13.0. The quantitative estimate of drug-likeness (QED) is 0.216.